The van der Waals surface area contributed by atoms with E-state index in [0.29, 0.717) is 0 Å². The van der Waals surface area contributed by atoms with E-state index in [1.165, 1.54) is 0 Å². The van der Waals surface area contributed by atoms with Gasteiger partial charge in [0.1, 0.15) is 0 Å². The molecule has 0 aromatic carbocycles. The Morgan fingerprint density at radius 3 is 2.77 bits per heavy atom. The Bertz CT molecular complexity index is 178. The fourth-order valence-corrected chi connectivity index (χ4v) is 2.44. The lowest BCUT2D eigenvalue weighted by Crippen LogP contribution is -2.46. The maximum atomic E-state index is 11.6. The molecular weight excluding hydrogens is 184 g/mol. The molecular formula is C9H18N2OS. The molecule has 1 fully saturated rings. The van der Waals surface area contributed by atoms with E-state index in [0.717, 1.165) is 17.9 Å². The van der Waals surface area contributed by atoms with E-state index in [4.69, 9.17) is 5.73 Å². The quantitative estimate of drug-likeness (QED) is 0.704. The Balaban J connectivity index is 2.31. The summed E-state index contributed by atoms with van der Waals surface area (Å²) in [5, 5.41) is 2.94. The summed E-state index contributed by atoms with van der Waals surface area (Å²) in [6.07, 6.45) is 1.02. The lowest BCUT2D eigenvalue weighted by Gasteiger charge is -2.19. The molecule has 3 unspecified atom stereocenters. The van der Waals surface area contributed by atoms with Crippen LogP contribution in [0.4, 0.5) is 0 Å². The fraction of sp³-hybridized carbons (Fsp3) is 0.889. The minimum Gasteiger partial charge on any atom is -0.352 e. The minimum absolute atomic E-state index is 0.0259. The van der Waals surface area contributed by atoms with Gasteiger partial charge in [-0.2, -0.15) is 11.8 Å². The van der Waals surface area contributed by atoms with Crippen molar-refractivity contribution in [1.82, 2.24) is 5.32 Å². The van der Waals surface area contributed by atoms with Gasteiger partial charge in [-0.05, 0) is 26.0 Å². The number of nitrogens with one attached hydrogen (secondary N) is 1. The van der Waals surface area contributed by atoms with Gasteiger partial charge >= 0.3 is 0 Å². The highest BCUT2D eigenvalue weighted by atomic mass is 32.2. The lowest BCUT2D eigenvalue weighted by atomic mass is 10.1. The first kappa shape index (κ1) is 10.9. The maximum absolute atomic E-state index is 11.6. The van der Waals surface area contributed by atoms with Crippen molar-refractivity contribution in [2.24, 2.45) is 11.7 Å². The van der Waals surface area contributed by atoms with E-state index in [1.54, 1.807) is 0 Å². The third kappa shape index (κ3) is 3.19. The first-order valence-corrected chi connectivity index (χ1v) is 5.90. The second-order valence-electron chi connectivity index (χ2n) is 3.72. The molecule has 0 aromatic rings. The van der Waals surface area contributed by atoms with Crippen molar-refractivity contribution < 1.29 is 4.79 Å². The number of amides is 1. The van der Waals surface area contributed by atoms with Crippen molar-refractivity contribution in [3.8, 4) is 0 Å². The van der Waals surface area contributed by atoms with Crippen LogP contribution in [0.1, 0.15) is 20.3 Å². The summed E-state index contributed by atoms with van der Waals surface area (Å²) < 4.78 is 0. The summed E-state index contributed by atoms with van der Waals surface area (Å²) in [5.74, 6) is 2.48. The molecule has 1 amide bonds. The lowest BCUT2D eigenvalue weighted by molar-refractivity contribution is -0.124. The summed E-state index contributed by atoms with van der Waals surface area (Å²) >= 11 is 1.85. The molecule has 1 aliphatic heterocycles. The minimum atomic E-state index is 0.0259. The summed E-state index contributed by atoms with van der Waals surface area (Å²) in [7, 11) is 0. The van der Waals surface area contributed by atoms with Crippen LogP contribution in [0.25, 0.3) is 0 Å². The van der Waals surface area contributed by atoms with Crippen molar-refractivity contribution in [3.05, 3.63) is 0 Å². The van der Waals surface area contributed by atoms with Crippen molar-refractivity contribution in [2.45, 2.75) is 32.4 Å². The second kappa shape index (κ2) is 4.86. The number of carbonyl (C=O) groups excluding carboxylic acids is 1. The van der Waals surface area contributed by atoms with Crippen LogP contribution in [0.2, 0.25) is 0 Å². The van der Waals surface area contributed by atoms with Crippen LogP contribution in [0.15, 0.2) is 0 Å². The topological polar surface area (TPSA) is 55.1 Å². The van der Waals surface area contributed by atoms with Crippen LogP contribution >= 0.6 is 11.8 Å². The van der Waals surface area contributed by atoms with Crippen LogP contribution < -0.4 is 11.1 Å². The zero-order valence-corrected chi connectivity index (χ0v) is 9.06. The van der Waals surface area contributed by atoms with Crippen LogP contribution in [0.3, 0.4) is 0 Å². The Kier molecular flexibility index (Phi) is 4.06. The third-order valence-corrected chi connectivity index (χ3v) is 3.62. The number of hydrogen-bond donors (Lipinski definition) is 2. The molecule has 1 heterocycles. The SMILES string of the molecule is CC(N)C(C)NC(=O)C1CCSC1. The van der Waals surface area contributed by atoms with E-state index in [9.17, 15) is 4.79 Å². The van der Waals surface area contributed by atoms with Crippen LogP contribution in [0, 0.1) is 5.92 Å². The molecule has 0 aliphatic carbocycles. The van der Waals surface area contributed by atoms with Crippen molar-refractivity contribution in [2.75, 3.05) is 11.5 Å². The van der Waals surface area contributed by atoms with Gasteiger partial charge in [0.15, 0.2) is 0 Å². The molecule has 3 N–H and O–H groups in total. The smallest absolute Gasteiger partial charge is 0.224 e. The molecule has 1 aliphatic rings. The monoisotopic (exact) mass is 202 g/mol. The van der Waals surface area contributed by atoms with Gasteiger partial charge in [-0.25, -0.2) is 0 Å². The Morgan fingerprint density at radius 1 is 1.62 bits per heavy atom. The molecule has 0 saturated carbocycles. The Labute approximate surface area is 83.8 Å². The van der Waals surface area contributed by atoms with E-state index in [2.05, 4.69) is 5.32 Å². The number of thioether (sulfide) groups is 1. The average Bonchev–Trinajstić information content (AvgIpc) is 2.55. The average molecular weight is 202 g/mol. The summed E-state index contributed by atoms with van der Waals surface area (Å²) in [6.45, 7) is 3.86. The summed E-state index contributed by atoms with van der Waals surface area (Å²) in [4.78, 5) is 11.6. The normalized spacial score (nSPS) is 26.8. The number of hydrogen-bond acceptors (Lipinski definition) is 3. The molecule has 1 rings (SSSR count). The molecule has 0 bridgehead atoms. The molecule has 0 aromatic heterocycles. The predicted molar refractivity (Wildman–Crippen MR) is 56.7 cm³/mol. The van der Waals surface area contributed by atoms with Gasteiger partial charge in [0.2, 0.25) is 5.91 Å². The molecule has 3 atom stereocenters. The largest absolute Gasteiger partial charge is 0.352 e. The highest BCUT2D eigenvalue weighted by Gasteiger charge is 2.24. The van der Waals surface area contributed by atoms with Gasteiger partial charge in [0.25, 0.3) is 0 Å². The van der Waals surface area contributed by atoms with Crippen LogP contribution in [-0.2, 0) is 4.79 Å². The number of rotatable bonds is 3. The molecule has 1 saturated heterocycles. The zero-order chi connectivity index (χ0) is 9.84. The predicted octanol–water partition coefficient (Wildman–Crippen LogP) is 0.591. The van der Waals surface area contributed by atoms with Crippen molar-refractivity contribution in [1.29, 1.82) is 0 Å². The standard InChI is InChI=1S/C9H18N2OS/c1-6(10)7(2)11-9(12)8-3-4-13-5-8/h6-8H,3-5,10H2,1-2H3,(H,11,12). The van der Waals surface area contributed by atoms with Crippen molar-refractivity contribution >= 4 is 17.7 Å². The van der Waals surface area contributed by atoms with E-state index < -0.39 is 0 Å². The Hall–Kier alpha value is -0.220. The number of nitrogens with two attached hydrogens (primary N) is 1. The van der Waals surface area contributed by atoms with Crippen LogP contribution in [0.5, 0.6) is 0 Å². The van der Waals surface area contributed by atoms with E-state index in [-0.39, 0.29) is 23.9 Å². The Morgan fingerprint density at radius 2 is 2.31 bits per heavy atom. The van der Waals surface area contributed by atoms with Gasteiger partial charge in [-0.15, -0.1) is 0 Å². The summed E-state index contributed by atoms with van der Waals surface area (Å²) in [6, 6.07) is 0.108. The van der Waals surface area contributed by atoms with Crippen LogP contribution in [-0.4, -0.2) is 29.5 Å². The molecule has 0 radical (unpaired) electrons. The van der Waals surface area contributed by atoms with Gasteiger partial charge < -0.3 is 11.1 Å². The van der Waals surface area contributed by atoms with Gasteiger partial charge in [-0.1, -0.05) is 0 Å². The highest BCUT2D eigenvalue weighted by molar-refractivity contribution is 7.99. The highest BCUT2D eigenvalue weighted by Crippen LogP contribution is 2.23. The van der Waals surface area contributed by atoms with Crippen molar-refractivity contribution in [3.63, 3.8) is 0 Å². The van der Waals surface area contributed by atoms with E-state index >= 15 is 0 Å². The molecule has 4 heteroatoms. The summed E-state index contributed by atoms with van der Waals surface area (Å²) in [5.41, 5.74) is 5.66. The first-order valence-electron chi connectivity index (χ1n) is 4.75. The van der Waals surface area contributed by atoms with Gasteiger partial charge in [0, 0.05) is 23.8 Å². The first-order chi connectivity index (χ1) is 6.11. The second-order valence-corrected chi connectivity index (χ2v) is 4.87. The molecule has 0 spiro atoms. The van der Waals surface area contributed by atoms with Gasteiger partial charge in [0.05, 0.1) is 0 Å². The van der Waals surface area contributed by atoms with Gasteiger partial charge in [-0.3, -0.25) is 4.79 Å². The zero-order valence-electron chi connectivity index (χ0n) is 8.25. The number of carbonyl (C=O) groups is 1. The molecule has 13 heavy (non-hydrogen) atoms. The molecule has 3 nitrogen and oxygen atoms in total. The van der Waals surface area contributed by atoms with E-state index in [1.807, 2.05) is 25.6 Å². The maximum Gasteiger partial charge on any atom is 0.224 e. The molecule has 76 valence electrons. The third-order valence-electron chi connectivity index (χ3n) is 2.46. The fourth-order valence-electron chi connectivity index (χ4n) is 1.21.